The first-order valence-electron chi connectivity index (χ1n) is 5.70. The van der Waals surface area contributed by atoms with Gasteiger partial charge in [-0.1, -0.05) is 6.07 Å². The number of benzene rings is 1. The zero-order valence-electron chi connectivity index (χ0n) is 10.7. The van der Waals surface area contributed by atoms with Gasteiger partial charge in [0.2, 0.25) is 0 Å². The van der Waals surface area contributed by atoms with E-state index in [4.69, 9.17) is 5.11 Å². The minimum absolute atomic E-state index is 0.335. The van der Waals surface area contributed by atoms with Gasteiger partial charge in [0.25, 0.3) is 0 Å². The fourth-order valence-corrected chi connectivity index (χ4v) is 1.63. The Balaban J connectivity index is 2.59. The molecule has 94 valence electrons. The van der Waals surface area contributed by atoms with Gasteiger partial charge in [0.1, 0.15) is 0 Å². The standard InChI is InChI=1S/C13H20N2O2/c1-14(2)8-5-9-15(3)12-7-4-6-11(10-12)13(16)17/h4,6-7,10H,5,8-9H2,1-3H3,(H,16,17). The minimum Gasteiger partial charge on any atom is -0.478 e. The number of carbonyl (C=O) groups is 1. The number of nitrogens with zero attached hydrogens (tertiary/aromatic N) is 2. The second kappa shape index (κ2) is 6.25. The van der Waals surface area contributed by atoms with Crippen LogP contribution in [0.25, 0.3) is 0 Å². The topological polar surface area (TPSA) is 43.8 Å². The van der Waals surface area contributed by atoms with Gasteiger partial charge in [-0.25, -0.2) is 4.79 Å². The molecule has 0 aromatic heterocycles. The molecule has 0 bridgehead atoms. The summed E-state index contributed by atoms with van der Waals surface area (Å²) in [6, 6.07) is 7.03. The van der Waals surface area contributed by atoms with E-state index in [-0.39, 0.29) is 0 Å². The maximum absolute atomic E-state index is 10.9. The molecule has 0 amide bonds. The van der Waals surface area contributed by atoms with Crippen molar-refractivity contribution in [2.24, 2.45) is 0 Å². The van der Waals surface area contributed by atoms with E-state index in [0.717, 1.165) is 25.2 Å². The van der Waals surface area contributed by atoms with E-state index in [1.165, 1.54) is 0 Å². The summed E-state index contributed by atoms with van der Waals surface area (Å²) in [5.74, 6) is -0.881. The van der Waals surface area contributed by atoms with Crippen LogP contribution in [0.3, 0.4) is 0 Å². The number of aromatic carboxylic acids is 1. The third-order valence-corrected chi connectivity index (χ3v) is 2.63. The Morgan fingerprint density at radius 3 is 2.53 bits per heavy atom. The normalized spacial score (nSPS) is 10.6. The van der Waals surface area contributed by atoms with Crippen molar-refractivity contribution in [1.82, 2.24) is 4.90 Å². The van der Waals surface area contributed by atoms with Gasteiger partial charge in [-0.2, -0.15) is 0 Å². The van der Waals surface area contributed by atoms with Gasteiger partial charge in [-0.15, -0.1) is 0 Å². The summed E-state index contributed by atoms with van der Waals surface area (Å²) >= 11 is 0. The lowest BCUT2D eigenvalue weighted by atomic mass is 10.2. The van der Waals surface area contributed by atoms with Crippen LogP contribution in [-0.2, 0) is 0 Å². The maximum atomic E-state index is 10.9. The predicted octanol–water partition coefficient (Wildman–Crippen LogP) is 1.77. The fourth-order valence-electron chi connectivity index (χ4n) is 1.63. The highest BCUT2D eigenvalue weighted by atomic mass is 16.4. The zero-order chi connectivity index (χ0) is 12.8. The van der Waals surface area contributed by atoms with E-state index >= 15 is 0 Å². The molecule has 0 aliphatic carbocycles. The van der Waals surface area contributed by atoms with Gasteiger partial charge in [0.15, 0.2) is 0 Å². The third kappa shape index (κ3) is 4.44. The van der Waals surface area contributed by atoms with Crippen LogP contribution in [0.5, 0.6) is 0 Å². The average Bonchev–Trinajstić information content (AvgIpc) is 2.28. The lowest BCUT2D eigenvalue weighted by molar-refractivity contribution is 0.0697. The maximum Gasteiger partial charge on any atom is 0.335 e. The number of carboxylic acid groups (broad SMARTS) is 1. The monoisotopic (exact) mass is 236 g/mol. The summed E-state index contributed by atoms with van der Waals surface area (Å²) in [5.41, 5.74) is 1.28. The fraction of sp³-hybridized carbons (Fsp3) is 0.462. The Morgan fingerprint density at radius 1 is 1.24 bits per heavy atom. The summed E-state index contributed by atoms with van der Waals surface area (Å²) < 4.78 is 0. The number of hydrogen-bond donors (Lipinski definition) is 1. The first-order valence-corrected chi connectivity index (χ1v) is 5.70. The van der Waals surface area contributed by atoms with Gasteiger partial charge < -0.3 is 14.9 Å². The molecule has 1 N–H and O–H groups in total. The molecule has 1 aromatic rings. The molecule has 0 atom stereocenters. The van der Waals surface area contributed by atoms with Gasteiger partial charge in [-0.05, 0) is 45.3 Å². The molecule has 0 aliphatic rings. The van der Waals surface area contributed by atoms with Crippen LogP contribution < -0.4 is 4.90 Å². The summed E-state index contributed by atoms with van der Waals surface area (Å²) in [7, 11) is 6.08. The molecule has 0 spiro atoms. The van der Waals surface area contributed by atoms with Crippen LogP contribution in [0.15, 0.2) is 24.3 Å². The Bertz CT molecular complexity index is 377. The number of carboxylic acids is 1. The van der Waals surface area contributed by atoms with Crippen molar-refractivity contribution in [3.63, 3.8) is 0 Å². The summed E-state index contributed by atoms with van der Waals surface area (Å²) in [4.78, 5) is 15.1. The predicted molar refractivity (Wildman–Crippen MR) is 69.8 cm³/mol. The van der Waals surface area contributed by atoms with Crippen molar-refractivity contribution >= 4 is 11.7 Å². The highest BCUT2D eigenvalue weighted by Crippen LogP contribution is 2.15. The van der Waals surface area contributed by atoms with Gasteiger partial charge in [0, 0.05) is 19.3 Å². The Morgan fingerprint density at radius 2 is 1.94 bits per heavy atom. The van der Waals surface area contributed by atoms with E-state index in [1.54, 1.807) is 18.2 Å². The molecule has 1 rings (SSSR count). The van der Waals surface area contributed by atoms with Crippen LogP contribution in [0.4, 0.5) is 5.69 Å². The molecule has 0 aliphatic heterocycles. The SMILES string of the molecule is CN(C)CCCN(C)c1cccc(C(=O)O)c1. The molecule has 4 nitrogen and oxygen atoms in total. The van der Waals surface area contributed by atoms with Crippen LogP contribution in [-0.4, -0.2) is 50.2 Å². The smallest absolute Gasteiger partial charge is 0.335 e. The Hall–Kier alpha value is -1.55. The highest BCUT2D eigenvalue weighted by Gasteiger charge is 2.06. The van der Waals surface area contributed by atoms with Crippen molar-refractivity contribution < 1.29 is 9.90 Å². The molecule has 0 unspecified atom stereocenters. The minimum atomic E-state index is -0.881. The molecule has 1 aromatic carbocycles. The van der Waals surface area contributed by atoms with Crippen LogP contribution in [0.2, 0.25) is 0 Å². The first-order chi connectivity index (χ1) is 8.00. The lowest BCUT2D eigenvalue weighted by Gasteiger charge is -2.20. The third-order valence-electron chi connectivity index (χ3n) is 2.63. The Kier molecular flexibility index (Phi) is 4.97. The van der Waals surface area contributed by atoms with E-state index in [9.17, 15) is 4.79 Å². The zero-order valence-corrected chi connectivity index (χ0v) is 10.7. The molecular weight excluding hydrogens is 216 g/mol. The molecular formula is C13H20N2O2. The molecule has 17 heavy (non-hydrogen) atoms. The van der Waals surface area contributed by atoms with E-state index in [2.05, 4.69) is 9.80 Å². The number of hydrogen-bond acceptors (Lipinski definition) is 3. The first kappa shape index (κ1) is 13.5. The molecule has 4 heteroatoms. The van der Waals surface area contributed by atoms with E-state index in [1.807, 2.05) is 27.2 Å². The molecule has 0 fully saturated rings. The van der Waals surface area contributed by atoms with Crippen LogP contribution >= 0.6 is 0 Å². The van der Waals surface area contributed by atoms with Crippen LogP contribution in [0.1, 0.15) is 16.8 Å². The van der Waals surface area contributed by atoms with Crippen molar-refractivity contribution in [1.29, 1.82) is 0 Å². The van der Waals surface area contributed by atoms with Crippen molar-refractivity contribution in [3.05, 3.63) is 29.8 Å². The molecule has 0 saturated carbocycles. The Labute approximate surface area is 102 Å². The molecule has 0 saturated heterocycles. The van der Waals surface area contributed by atoms with Crippen molar-refractivity contribution in [2.75, 3.05) is 39.1 Å². The van der Waals surface area contributed by atoms with E-state index in [0.29, 0.717) is 5.56 Å². The molecule has 0 heterocycles. The highest BCUT2D eigenvalue weighted by molar-refractivity contribution is 5.88. The number of anilines is 1. The number of rotatable bonds is 6. The summed E-state index contributed by atoms with van der Waals surface area (Å²) in [6.07, 6.45) is 1.06. The van der Waals surface area contributed by atoms with E-state index < -0.39 is 5.97 Å². The van der Waals surface area contributed by atoms with Gasteiger partial charge >= 0.3 is 5.97 Å². The largest absolute Gasteiger partial charge is 0.478 e. The quantitative estimate of drug-likeness (QED) is 0.817. The molecule has 0 radical (unpaired) electrons. The second-order valence-electron chi connectivity index (χ2n) is 4.43. The summed E-state index contributed by atoms with van der Waals surface area (Å²) in [5, 5.41) is 8.91. The average molecular weight is 236 g/mol. The second-order valence-corrected chi connectivity index (χ2v) is 4.43. The van der Waals surface area contributed by atoms with Gasteiger partial charge in [-0.3, -0.25) is 0 Å². The lowest BCUT2D eigenvalue weighted by Crippen LogP contribution is -2.23. The van der Waals surface area contributed by atoms with Crippen molar-refractivity contribution in [3.8, 4) is 0 Å². The summed E-state index contributed by atoms with van der Waals surface area (Å²) in [6.45, 7) is 1.95. The van der Waals surface area contributed by atoms with Gasteiger partial charge in [0.05, 0.1) is 5.56 Å². The van der Waals surface area contributed by atoms with Crippen LogP contribution in [0, 0.1) is 0 Å². The van der Waals surface area contributed by atoms with Crippen molar-refractivity contribution in [2.45, 2.75) is 6.42 Å².